The van der Waals surface area contributed by atoms with E-state index in [0.717, 1.165) is 25.7 Å². The Morgan fingerprint density at radius 1 is 1.21 bits per heavy atom. The third-order valence-electron chi connectivity index (χ3n) is 3.39. The van der Waals surface area contributed by atoms with Crippen LogP contribution in [-0.2, 0) is 4.79 Å². The Morgan fingerprint density at radius 3 is 2.74 bits per heavy atom. The fourth-order valence-corrected chi connectivity index (χ4v) is 2.68. The van der Waals surface area contributed by atoms with E-state index in [1.807, 2.05) is 30.3 Å². The minimum atomic E-state index is -0.0959. The van der Waals surface area contributed by atoms with Crippen LogP contribution in [0.5, 0.6) is 5.75 Å². The van der Waals surface area contributed by atoms with Crippen molar-refractivity contribution in [3.8, 4) is 5.75 Å². The summed E-state index contributed by atoms with van der Waals surface area (Å²) in [6, 6.07) is 9.43. The van der Waals surface area contributed by atoms with Crippen molar-refractivity contribution in [1.82, 2.24) is 5.32 Å². The molecule has 1 aliphatic rings. The zero-order chi connectivity index (χ0) is 13.5. The lowest BCUT2D eigenvalue weighted by Crippen LogP contribution is -2.42. The molecule has 1 aromatic rings. The lowest BCUT2D eigenvalue weighted by Gasteiger charge is -2.21. The maximum atomic E-state index is 11.8. The van der Waals surface area contributed by atoms with Gasteiger partial charge < -0.3 is 10.1 Å². The second-order valence-electron chi connectivity index (χ2n) is 4.93. The van der Waals surface area contributed by atoms with E-state index in [1.165, 1.54) is 6.42 Å². The molecular formula is C15H20ClNO2. The van der Waals surface area contributed by atoms with Gasteiger partial charge in [0.25, 0.3) is 5.91 Å². The van der Waals surface area contributed by atoms with Crippen molar-refractivity contribution in [3.05, 3.63) is 30.3 Å². The van der Waals surface area contributed by atoms with Crippen molar-refractivity contribution >= 4 is 17.5 Å². The molecule has 1 amide bonds. The molecule has 0 aromatic heterocycles. The van der Waals surface area contributed by atoms with Crippen molar-refractivity contribution < 1.29 is 9.53 Å². The Kier molecular flexibility index (Phi) is 5.52. The Balaban J connectivity index is 1.77. The minimum absolute atomic E-state index is 0.0446. The molecule has 0 aliphatic heterocycles. The van der Waals surface area contributed by atoms with Crippen LogP contribution in [0.1, 0.15) is 32.1 Å². The summed E-state index contributed by atoms with van der Waals surface area (Å²) in [5, 5.41) is 3.03. The van der Waals surface area contributed by atoms with Crippen LogP contribution in [0.3, 0.4) is 0 Å². The van der Waals surface area contributed by atoms with Crippen LogP contribution in [0.4, 0.5) is 0 Å². The molecule has 2 atom stereocenters. The van der Waals surface area contributed by atoms with E-state index in [4.69, 9.17) is 16.3 Å². The third-order valence-corrected chi connectivity index (χ3v) is 3.91. The van der Waals surface area contributed by atoms with Crippen LogP contribution in [-0.4, -0.2) is 23.9 Å². The molecular weight excluding hydrogens is 262 g/mol. The van der Waals surface area contributed by atoms with Gasteiger partial charge in [0.15, 0.2) is 6.61 Å². The maximum absolute atomic E-state index is 11.8. The number of halogens is 1. The number of carbonyl (C=O) groups excluding carboxylic acids is 1. The molecule has 0 radical (unpaired) electrons. The summed E-state index contributed by atoms with van der Waals surface area (Å²) in [7, 11) is 0. The van der Waals surface area contributed by atoms with Gasteiger partial charge in [0.05, 0.1) is 5.38 Å². The van der Waals surface area contributed by atoms with Crippen molar-refractivity contribution in [2.24, 2.45) is 0 Å². The summed E-state index contributed by atoms with van der Waals surface area (Å²) in [6.45, 7) is 0.0458. The van der Waals surface area contributed by atoms with Gasteiger partial charge in [-0.05, 0) is 25.0 Å². The molecule has 0 saturated heterocycles. The van der Waals surface area contributed by atoms with Crippen LogP contribution in [0.25, 0.3) is 0 Å². The first-order valence-corrected chi connectivity index (χ1v) is 7.30. The van der Waals surface area contributed by atoms with Gasteiger partial charge in [0, 0.05) is 6.04 Å². The van der Waals surface area contributed by atoms with E-state index < -0.39 is 0 Å². The number of amides is 1. The molecule has 0 spiro atoms. The monoisotopic (exact) mass is 281 g/mol. The number of hydrogen-bond acceptors (Lipinski definition) is 2. The van der Waals surface area contributed by atoms with Gasteiger partial charge in [0.1, 0.15) is 5.75 Å². The number of ether oxygens (including phenoxy) is 1. The van der Waals surface area contributed by atoms with Crippen LogP contribution in [0, 0.1) is 0 Å². The van der Waals surface area contributed by atoms with Gasteiger partial charge in [-0.2, -0.15) is 0 Å². The quantitative estimate of drug-likeness (QED) is 0.680. The van der Waals surface area contributed by atoms with Crippen molar-refractivity contribution in [2.75, 3.05) is 6.61 Å². The summed E-state index contributed by atoms with van der Waals surface area (Å²) in [6.07, 6.45) is 5.43. The molecule has 2 rings (SSSR count). The Hall–Kier alpha value is -1.22. The van der Waals surface area contributed by atoms with E-state index in [0.29, 0.717) is 5.75 Å². The Labute approximate surface area is 119 Å². The van der Waals surface area contributed by atoms with Gasteiger partial charge >= 0.3 is 0 Å². The van der Waals surface area contributed by atoms with Crippen LogP contribution >= 0.6 is 11.6 Å². The first kappa shape index (κ1) is 14.2. The molecule has 1 N–H and O–H groups in total. The van der Waals surface area contributed by atoms with Gasteiger partial charge in [-0.1, -0.05) is 37.5 Å². The van der Waals surface area contributed by atoms with Crippen molar-refractivity contribution in [1.29, 1.82) is 0 Å². The number of alkyl halides is 1. The van der Waals surface area contributed by atoms with Crippen molar-refractivity contribution in [3.63, 3.8) is 0 Å². The molecule has 1 aliphatic carbocycles. The largest absolute Gasteiger partial charge is 0.484 e. The number of benzene rings is 1. The zero-order valence-corrected chi connectivity index (χ0v) is 11.7. The molecule has 1 fully saturated rings. The molecule has 1 aromatic carbocycles. The SMILES string of the molecule is O=C(COc1ccccc1)NC1CCCCCC1Cl. The van der Waals surface area contributed by atoms with Gasteiger partial charge in [-0.25, -0.2) is 0 Å². The highest BCUT2D eigenvalue weighted by molar-refractivity contribution is 6.21. The van der Waals surface area contributed by atoms with Crippen LogP contribution in [0.2, 0.25) is 0 Å². The average Bonchev–Trinajstić information content (AvgIpc) is 2.63. The Morgan fingerprint density at radius 2 is 1.95 bits per heavy atom. The molecule has 104 valence electrons. The molecule has 4 heteroatoms. The third kappa shape index (κ3) is 4.75. The summed E-state index contributed by atoms with van der Waals surface area (Å²) >= 11 is 6.29. The second-order valence-corrected chi connectivity index (χ2v) is 5.49. The Bertz CT molecular complexity index is 396. The second kappa shape index (κ2) is 7.39. The summed E-state index contributed by atoms with van der Waals surface area (Å²) in [4.78, 5) is 11.8. The number of hydrogen-bond donors (Lipinski definition) is 1. The minimum Gasteiger partial charge on any atom is -0.484 e. The predicted molar refractivity (Wildman–Crippen MR) is 76.6 cm³/mol. The van der Waals surface area contributed by atoms with E-state index in [9.17, 15) is 4.79 Å². The molecule has 0 heterocycles. The van der Waals surface area contributed by atoms with Crippen molar-refractivity contribution in [2.45, 2.75) is 43.5 Å². The average molecular weight is 282 g/mol. The topological polar surface area (TPSA) is 38.3 Å². The number of para-hydroxylation sites is 1. The molecule has 2 unspecified atom stereocenters. The zero-order valence-electron chi connectivity index (χ0n) is 11.0. The van der Waals surface area contributed by atoms with Gasteiger partial charge in [-0.15, -0.1) is 11.6 Å². The molecule has 19 heavy (non-hydrogen) atoms. The summed E-state index contributed by atoms with van der Waals surface area (Å²) in [5.41, 5.74) is 0. The van der Waals surface area contributed by atoms with E-state index in [2.05, 4.69) is 5.32 Å². The standard InChI is InChI=1S/C15H20ClNO2/c16-13-9-5-2-6-10-14(13)17-15(18)11-19-12-7-3-1-4-8-12/h1,3-4,7-8,13-14H,2,5-6,9-11H2,(H,17,18). The van der Waals surface area contributed by atoms with Gasteiger partial charge in [0.2, 0.25) is 0 Å². The number of carbonyl (C=O) groups is 1. The first-order valence-electron chi connectivity index (χ1n) is 6.87. The summed E-state index contributed by atoms with van der Waals surface area (Å²) in [5.74, 6) is 0.613. The first-order chi connectivity index (χ1) is 9.25. The summed E-state index contributed by atoms with van der Waals surface area (Å²) < 4.78 is 5.42. The van der Waals surface area contributed by atoms with Crippen LogP contribution in [0.15, 0.2) is 30.3 Å². The highest BCUT2D eigenvalue weighted by Gasteiger charge is 2.23. The highest BCUT2D eigenvalue weighted by Crippen LogP contribution is 2.22. The molecule has 1 saturated carbocycles. The lowest BCUT2D eigenvalue weighted by molar-refractivity contribution is -0.123. The fraction of sp³-hybridized carbons (Fsp3) is 0.533. The number of rotatable bonds is 4. The maximum Gasteiger partial charge on any atom is 0.258 e. The van der Waals surface area contributed by atoms with E-state index in [-0.39, 0.29) is 23.9 Å². The molecule has 0 bridgehead atoms. The highest BCUT2D eigenvalue weighted by atomic mass is 35.5. The number of nitrogens with one attached hydrogen (secondary N) is 1. The molecule has 3 nitrogen and oxygen atoms in total. The smallest absolute Gasteiger partial charge is 0.258 e. The van der Waals surface area contributed by atoms with E-state index in [1.54, 1.807) is 0 Å². The lowest BCUT2D eigenvalue weighted by atomic mass is 10.1. The van der Waals surface area contributed by atoms with Crippen LogP contribution < -0.4 is 10.1 Å². The van der Waals surface area contributed by atoms with E-state index >= 15 is 0 Å². The predicted octanol–water partition coefficient (Wildman–Crippen LogP) is 3.12. The normalized spacial score (nSPS) is 23.4. The fourth-order valence-electron chi connectivity index (χ4n) is 2.34. The van der Waals surface area contributed by atoms with Gasteiger partial charge in [-0.3, -0.25) is 4.79 Å².